The first-order valence-corrected chi connectivity index (χ1v) is 7.40. The molecular formula is C16H16N6O2. The number of imide groups is 1. The zero-order valence-corrected chi connectivity index (χ0v) is 13.6. The van der Waals surface area contributed by atoms with Crippen LogP contribution < -0.4 is 4.90 Å². The van der Waals surface area contributed by atoms with Crippen molar-refractivity contribution in [2.75, 3.05) is 11.4 Å². The van der Waals surface area contributed by atoms with Gasteiger partial charge in [0.25, 0.3) is 11.8 Å². The Morgan fingerprint density at radius 1 is 1.21 bits per heavy atom. The van der Waals surface area contributed by atoms with Crippen molar-refractivity contribution < 1.29 is 9.59 Å². The van der Waals surface area contributed by atoms with E-state index in [1.165, 1.54) is 0 Å². The molecule has 8 nitrogen and oxygen atoms in total. The standard InChI is InChI=1S/C16H16N6O2/c1-16(2,9-18-20-17)12-8-13(19-21(12)3)22-14(23)10-6-4-5-7-11(10)15(22)24/h4-8H,9H2,1-3H3. The van der Waals surface area contributed by atoms with Gasteiger partial charge in [0.1, 0.15) is 0 Å². The highest BCUT2D eigenvalue weighted by molar-refractivity contribution is 6.34. The highest BCUT2D eigenvalue weighted by atomic mass is 16.2. The Balaban J connectivity index is 2.01. The first-order valence-electron chi connectivity index (χ1n) is 7.40. The average molecular weight is 324 g/mol. The number of benzene rings is 1. The second kappa shape index (κ2) is 5.50. The molecule has 2 aromatic rings. The second-order valence-electron chi connectivity index (χ2n) is 6.28. The lowest BCUT2D eigenvalue weighted by Gasteiger charge is -2.21. The Kier molecular flexibility index (Phi) is 3.62. The van der Waals surface area contributed by atoms with Crippen molar-refractivity contribution >= 4 is 17.6 Å². The molecule has 0 saturated heterocycles. The van der Waals surface area contributed by atoms with Gasteiger partial charge in [-0.3, -0.25) is 14.3 Å². The highest BCUT2D eigenvalue weighted by Crippen LogP contribution is 2.31. The number of carbonyl (C=O) groups excluding carboxylic acids is 2. The van der Waals surface area contributed by atoms with E-state index in [2.05, 4.69) is 15.1 Å². The summed E-state index contributed by atoms with van der Waals surface area (Å²) in [4.78, 5) is 28.9. The zero-order chi connectivity index (χ0) is 17.5. The summed E-state index contributed by atoms with van der Waals surface area (Å²) < 4.78 is 1.60. The number of rotatable bonds is 4. The summed E-state index contributed by atoms with van der Waals surface area (Å²) in [5.41, 5.74) is 9.57. The van der Waals surface area contributed by atoms with Gasteiger partial charge in [-0.2, -0.15) is 5.10 Å². The van der Waals surface area contributed by atoms with Crippen molar-refractivity contribution in [3.8, 4) is 0 Å². The molecule has 1 aromatic carbocycles. The molecular weight excluding hydrogens is 308 g/mol. The maximum atomic E-state index is 12.5. The van der Waals surface area contributed by atoms with Crippen molar-refractivity contribution in [2.45, 2.75) is 19.3 Å². The summed E-state index contributed by atoms with van der Waals surface area (Å²) in [6.45, 7) is 4.06. The number of nitrogens with zero attached hydrogens (tertiary/aromatic N) is 6. The molecule has 3 rings (SSSR count). The third-order valence-corrected chi connectivity index (χ3v) is 4.11. The lowest BCUT2D eigenvalue weighted by atomic mass is 9.89. The molecule has 24 heavy (non-hydrogen) atoms. The monoisotopic (exact) mass is 324 g/mol. The Bertz CT molecular complexity index is 857. The third-order valence-electron chi connectivity index (χ3n) is 4.11. The van der Waals surface area contributed by atoms with Crippen LogP contribution in [0, 0.1) is 0 Å². The minimum atomic E-state index is -0.481. The van der Waals surface area contributed by atoms with Gasteiger partial charge in [0.2, 0.25) is 0 Å². The Morgan fingerprint density at radius 3 is 2.33 bits per heavy atom. The smallest absolute Gasteiger partial charge is 0.267 e. The van der Waals surface area contributed by atoms with Crippen LogP contribution in [0.1, 0.15) is 40.3 Å². The van der Waals surface area contributed by atoms with Crippen LogP contribution in [0.15, 0.2) is 35.4 Å². The topological polar surface area (TPSA) is 104 Å². The molecule has 2 amide bonds. The number of hydrogen-bond donors (Lipinski definition) is 0. The van der Waals surface area contributed by atoms with Crippen LogP contribution in [0.25, 0.3) is 10.4 Å². The van der Waals surface area contributed by atoms with Crippen molar-refractivity contribution in [3.05, 3.63) is 57.6 Å². The number of azide groups is 1. The van der Waals surface area contributed by atoms with Crippen molar-refractivity contribution in [2.24, 2.45) is 12.2 Å². The Labute approximate surface area is 138 Å². The number of aromatic nitrogens is 2. The summed E-state index contributed by atoms with van der Waals surface area (Å²) in [6, 6.07) is 8.39. The fourth-order valence-corrected chi connectivity index (χ4v) is 2.88. The molecule has 122 valence electrons. The van der Waals surface area contributed by atoms with E-state index >= 15 is 0 Å². The molecule has 2 heterocycles. The molecule has 0 fully saturated rings. The van der Waals surface area contributed by atoms with E-state index in [4.69, 9.17) is 5.53 Å². The van der Waals surface area contributed by atoms with Crippen LogP contribution in [0.5, 0.6) is 0 Å². The Hall–Kier alpha value is -3.12. The van der Waals surface area contributed by atoms with Crippen molar-refractivity contribution in [1.29, 1.82) is 0 Å². The number of aryl methyl sites for hydroxylation is 1. The van der Waals surface area contributed by atoms with E-state index in [9.17, 15) is 9.59 Å². The first-order chi connectivity index (χ1) is 11.4. The molecule has 1 aliphatic rings. The SMILES string of the molecule is Cn1nc(N2C(=O)c3ccccc3C2=O)cc1C(C)(C)CN=[N+]=[N-]. The second-order valence-corrected chi connectivity index (χ2v) is 6.28. The lowest BCUT2D eigenvalue weighted by Crippen LogP contribution is -2.29. The summed E-state index contributed by atoms with van der Waals surface area (Å²) in [5, 5.41) is 7.94. The van der Waals surface area contributed by atoms with Gasteiger partial charge in [0, 0.05) is 35.7 Å². The molecule has 0 unspecified atom stereocenters. The van der Waals surface area contributed by atoms with Gasteiger partial charge < -0.3 is 0 Å². The van der Waals surface area contributed by atoms with E-state index in [1.54, 1.807) is 42.1 Å². The normalized spacial score (nSPS) is 13.9. The summed E-state index contributed by atoms with van der Waals surface area (Å²) in [6.07, 6.45) is 0. The molecule has 0 spiro atoms. The van der Waals surface area contributed by atoms with E-state index < -0.39 is 5.41 Å². The van der Waals surface area contributed by atoms with Crippen LogP contribution in [-0.4, -0.2) is 28.1 Å². The van der Waals surface area contributed by atoms with Gasteiger partial charge in [-0.25, -0.2) is 4.90 Å². The van der Waals surface area contributed by atoms with Gasteiger partial charge >= 0.3 is 0 Å². The first kappa shape index (κ1) is 15.8. The number of amides is 2. The summed E-state index contributed by atoms with van der Waals surface area (Å²) >= 11 is 0. The number of anilines is 1. The largest absolute Gasteiger partial charge is 0.270 e. The van der Waals surface area contributed by atoms with Gasteiger partial charge in [-0.15, -0.1) is 0 Å². The number of hydrogen-bond acceptors (Lipinski definition) is 4. The molecule has 0 atom stereocenters. The molecule has 1 aliphatic heterocycles. The molecule has 0 N–H and O–H groups in total. The fraction of sp³-hybridized carbons (Fsp3) is 0.312. The van der Waals surface area contributed by atoms with E-state index in [0.717, 1.165) is 10.6 Å². The molecule has 0 saturated carbocycles. The third kappa shape index (κ3) is 2.33. The average Bonchev–Trinajstić information content (AvgIpc) is 3.05. The maximum absolute atomic E-state index is 12.5. The molecule has 0 radical (unpaired) electrons. The zero-order valence-electron chi connectivity index (χ0n) is 13.6. The predicted molar refractivity (Wildman–Crippen MR) is 87.8 cm³/mol. The van der Waals surface area contributed by atoms with Gasteiger partial charge in [-0.05, 0) is 17.7 Å². The van der Waals surface area contributed by atoms with Crippen LogP contribution >= 0.6 is 0 Å². The molecule has 0 aliphatic carbocycles. The molecule has 8 heteroatoms. The van der Waals surface area contributed by atoms with Crippen LogP contribution in [-0.2, 0) is 12.5 Å². The van der Waals surface area contributed by atoms with E-state index in [-0.39, 0.29) is 24.2 Å². The number of fused-ring (bicyclic) bond motifs is 1. The van der Waals surface area contributed by atoms with Gasteiger partial charge in [0.05, 0.1) is 11.1 Å². The summed E-state index contributed by atoms with van der Waals surface area (Å²) in [7, 11) is 1.73. The van der Waals surface area contributed by atoms with E-state index in [0.29, 0.717) is 11.1 Å². The summed E-state index contributed by atoms with van der Waals surface area (Å²) in [5.74, 6) is -0.492. The van der Waals surface area contributed by atoms with Crippen LogP contribution in [0.2, 0.25) is 0 Å². The van der Waals surface area contributed by atoms with Gasteiger partial charge in [0.15, 0.2) is 5.82 Å². The minimum Gasteiger partial charge on any atom is -0.270 e. The number of carbonyl (C=O) groups is 2. The minimum absolute atomic E-state index is 0.241. The fourth-order valence-electron chi connectivity index (χ4n) is 2.88. The molecule has 1 aromatic heterocycles. The Morgan fingerprint density at radius 2 is 1.79 bits per heavy atom. The van der Waals surface area contributed by atoms with Crippen molar-refractivity contribution in [1.82, 2.24) is 9.78 Å². The maximum Gasteiger partial charge on any atom is 0.267 e. The molecule has 0 bridgehead atoms. The lowest BCUT2D eigenvalue weighted by molar-refractivity contribution is 0.0925. The van der Waals surface area contributed by atoms with Crippen LogP contribution in [0.3, 0.4) is 0 Å². The van der Waals surface area contributed by atoms with E-state index in [1.807, 2.05) is 13.8 Å². The quantitative estimate of drug-likeness (QED) is 0.374. The van der Waals surface area contributed by atoms with Crippen molar-refractivity contribution in [3.63, 3.8) is 0 Å². The predicted octanol–water partition coefficient (Wildman–Crippen LogP) is 2.81. The highest BCUT2D eigenvalue weighted by Gasteiger charge is 2.38. The van der Waals surface area contributed by atoms with Crippen LogP contribution in [0.4, 0.5) is 5.82 Å². The van der Waals surface area contributed by atoms with Gasteiger partial charge in [-0.1, -0.05) is 31.1 Å².